The topological polar surface area (TPSA) is 64.6 Å². The quantitative estimate of drug-likeness (QED) is 0.830. The largest absolute Gasteiger partial charge is 0.495 e. The Morgan fingerprint density at radius 1 is 1.08 bits per heavy atom. The zero-order valence-corrected chi connectivity index (χ0v) is 15.6. The van der Waals surface area contributed by atoms with Crippen molar-refractivity contribution in [2.45, 2.75) is 25.7 Å². The van der Waals surface area contributed by atoms with Gasteiger partial charge in [0.15, 0.2) is 0 Å². The maximum Gasteiger partial charge on any atom is 0.262 e. The van der Waals surface area contributed by atoms with E-state index in [1.54, 1.807) is 31.2 Å². The van der Waals surface area contributed by atoms with Crippen LogP contribution in [0.25, 0.3) is 0 Å². The molecule has 0 aromatic heterocycles. The van der Waals surface area contributed by atoms with Crippen molar-refractivity contribution in [1.29, 1.82) is 0 Å². The smallest absolute Gasteiger partial charge is 0.262 e. The van der Waals surface area contributed by atoms with Crippen molar-refractivity contribution in [3.05, 3.63) is 46.5 Å². The lowest BCUT2D eigenvalue weighted by atomic mass is 10.1. The van der Waals surface area contributed by atoms with Crippen LogP contribution in [0.3, 0.4) is 0 Å². The number of sulfonamides is 1. The van der Waals surface area contributed by atoms with E-state index in [2.05, 4.69) is 4.72 Å². The molecule has 0 amide bonds. The Hall–Kier alpha value is -1.92. The number of methoxy groups -OCH3 is 1. The van der Waals surface area contributed by atoms with Gasteiger partial charge in [0.05, 0.1) is 24.3 Å². The van der Waals surface area contributed by atoms with E-state index in [1.807, 2.05) is 13.8 Å². The van der Waals surface area contributed by atoms with Gasteiger partial charge in [-0.15, -0.1) is 0 Å². The first kappa shape index (κ1) is 18.4. The number of halogens is 1. The maximum absolute atomic E-state index is 12.8. The van der Waals surface area contributed by atoms with Crippen LogP contribution in [0.15, 0.2) is 35.2 Å². The average molecular weight is 370 g/mol. The van der Waals surface area contributed by atoms with Crippen LogP contribution in [0.1, 0.15) is 18.1 Å². The summed E-state index contributed by atoms with van der Waals surface area (Å²) in [6, 6.07) is 8.07. The van der Waals surface area contributed by atoms with Crippen molar-refractivity contribution < 1.29 is 17.9 Å². The summed E-state index contributed by atoms with van der Waals surface area (Å²) >= 11 is 5.95. The number of ether oxygens (including phenoxy) is 2. The molecular weight excluding hydrogens is 350 g/mol. The minimum atomic E-state index is -3.79. The normalized spacial score (nSPS) is 11.2. The molecule has 0 aliphatic heterocycles. The molecule has 1 N–H and O–H groups in total. The Morgan fingerprint density at radius 3 is 2.42 bits per heavy atom. The van der Waals surface area contributed by atoms with E-state index in [9.17, 15) is 8.42 Å². The van der Waals surface area contributed by atoms with Crippen molar-refractivity contribution in [2.24, 2.45) is 0 Å². The van der Waals surface area contributed by atoms with Gasteiger partial charge in [0.2, 0.25) is 0 Å². The van der Waals surface area contributed by atoms with Gasteiger partial charge in [-0.1, -0.05) is 11.6 Å². The molecular formula is C17H20ClNO4S. The molecule has 5 nitrogen and oxygen atoms in total. The number of rotatable bonds is 6. The van der Waals surface area contributed by atoms with E-state index in [0.29, 0.717) is 28.7 Å². The number of hydrogen-bond donors (Lipinski definition) is 1. The van der Waals surface area contributed by atoms with Gasteiger partial charge in [-0.3, -0.25) is 4.72 Å². The Morgan fingerprint density at radius 2 is 1.79 bits per heavy atom. The number of hydrogen-bond acceptors (Lipinski definition) is 4. The number of benzene rings is 2. The Labute approximate surface area is 147 Å². The highest BCUT2D eigenvalue weighted by Gasteiger charge is 2.20. The number of aryl methyl sites for hydroxylation is 2. The summed E-state index contributed by atoms with van der Waals surface area (Å²) in [5, 5.41) is 0.410. The lowest BCUT2D eigenvalue weighted by Gasteiger charge is -2.15. The molecule has 0 heterocycles. The Bertz CT molecular complexity index is 850. The minimum Gasteiger partial charge on any atom is -0.495 e. The fourth-order valence-corrected chi connectivity index (χ4v) is 3.87. The molecule has 0 saturated heterocycles. The van der Waals surface area contributed by atoms with Crippen LogP contribution in [0.4, 0.5) is 5.69 Å². The third kappa shape index (κ3) is 3.94. The van der Waals surface area contributed by atoms with Gasteiger partial charge in [0, 0.05) is 5.02 Å². The standard InChI is InChI=1S/C17H20ClNO4S/c1-5-23-16-8-12(3)17(9-11(16)2)24(20,21)19-14-10-13(18)6-7-15(14)22-4/h6-10,19H,5H2,1-4H3. The summed E-state index contributed by atoms with van der Waals surface area (Å²) < 4.78 is 38.8. The van der Waals surface area contributed by atoms with Gasteiger partial charge < -0.3 is 9.47 Å². The third-order valence-corrected chi connectivity index (χ3v) is 5.21. The van der Waals surface area contributed by atoms with E-state index in [1.165, 1.54) is 13.2 Å². The number of anilines is 1. The third-order valence-electron chi connectivity index (χ3n) is 3.47. The molecule has 0 aliphatic rings. The van der Waals surface area contributed by atoms with Crippen molar-refractivity contribution in [3.8, 4) is 11.5 Å². The Kier molecular flexibility index (Phi) is 5.62. The summed E-state index contributed by atoms with van der Waals surface area (Å²) in [5.74, 6) is 1.07. The van der Waals surface area contributed by atoms with Gasteiger partial charge in [0.1, 0.15) is 11.5 Å². The molecule has 0 aliphatic carbocycles. The zero-order valence-electron chi connectivity index (χ0n) is 14.0. The molecule has 0 radical (unpaired) electrons. The molecule has 0 fully saturated rings. The van der Waals surface area contributed by atoms with E-state index in [-0.39, 0.29) is 10.6 Å². The van der Waals surface area contributed by atoms with E-state index in [4.69, 9.17) is 21.1 Å². The summed E-state index contributed by atoms with van der Waals surface area (Å²) in [4.78, 5) is 0.186. The van der Waals surface area contributed by atoms with Crippen molar-refractivity contribution >= 4 is 27.3 Å². The second kappa shape index (κ2) is 7.32. The first-order chi connectivity index (χ1) is 11.3. The maximum atomic E-state index is 12.8. The van der Waals surface area contributed by atoms with Crippen LogP contribution in [0, 0.1) is 13.8 Å². The fourth-order valence-electron chi connectivity index (χ4n) is 2.32. The fraction of sp³-hybridized carbons (Fsp3) is 0.294. The Balaban J connectivity index is 2.45. The number of nitrogens with one attached hydrogen (secondary N) is 1. The van der Waals surface area contributed by atoms with Crippen molar-refractivity contribution in [1.82, 2.24) is 0 Å². The SMILES string of the molecule is CCOc1cc(C)c(S(=O)(=O)Nc2cc(Cl)ccc2OC)cc1C. The molecule has 2 rings (SSSR count). The zero-order chi connectivity index (χ0) is 17.9. The van der Waals surface area contributed by atoms with Gasteiger partial charge in [0.25, 0.3) is 10.0 Å². The van der Waals surface area contributed by atoms with Crippen LogP contribution < -0.4 is 14.2 Å². The summed E-state index contributed by atoms with van der Waals surface area (Å²) in [7, 11) is -2.33. The van der Waals surface area contributed by atoms with Crippen LogP contribution in [0.5, 0.6) is 11.5 Å². The predicted octanol–water partition coefficient (Wildman–Crippen LogP) is 4.16. The monoisotopic (exact) mass is 369 g/mol. The lowest BCUT2D eigenvalue weighted by molar-refractivity contribution is 0.337. The van der Waals surface area contributed by atoms with Crippen LogP contribution in [-0.2, 0) is 10.0 Å². The second-order valence-electron chi connectivity index (χ2n) is 5.27. The van der Waals surface area contributed by atoms with Gasteiger partial charge in [-0.25, -0.2) is 8.42 Å². The van der Waals surface area contributed by atoms with Crippen molar-refractivity contribution in [3.63, 3.8) is 0 Å². The first-order valence-electron chi connectivity index (χ1n) is 7.39. The van der Waals surface area contributed by atoms with Crippen molar-refractivity contribution in [2.75, 3.05) is 18.4 Å². The highest BCUT2D eigenvalue weighted by Crippen LogP contribution is 2.32. The molecule has 2 aromatic rings. The average Bonchev–Trinajstić information content (AvgIpc) is 2.50. The molecule has 130 valence electrons. The molecule has 24 heavy (non-hydrogen) atoms. The second-order valence-corrected chi connectivity index (χ2v) is 7.35. The predicted molar refractivity (Wildman–Crippen MR) is 95.9 cm³/mol. The summed E-state index contributed by atoms with van der Waals surface area (Å²) in [6.07, 6.45) is 0. The molecule has 0 atom stereocenters. The van der Waals surface area contributed by atoms with Gasteiger partial charge >= 0.3 is 0 Å². The van der Waals surface area contributed by atoms with Crippen LogP contribution in [-0.4, -0.2) is 22.1 Å². The molecule has 0 bridgehead atoms. The molecule has 0 saturated carbocycles. The molecule has 7 heteroatoms. The summed E-state index contributed by atoms with van der Waals surface area (Å²) in [5.41, 5.74) is 1.63. The highest BCUT2D eigenvalue weighted by molar-refractivity contribution is 7.92. The minimum absolute atomic E-state index is 0.186. The van der Waals surface area contributed by atoms with E-state index >= 15 is 0 Å². The van der Waals surface area contributed by atoms with E-state index < -0.39 is 10.0 Å². The van der Waals surface area contributed by atoms with Gasteiger partial charge in [-0.05, 0) is 62.2 Å². The highest BCUT2D eigenvalue weighted by atomic mass is 35.5. The molecule has 0 spiro atoms. The van der Waals surface area contributed by atoms with Gasteiger partial charge in [-0.2, -0.15) is 0 Å². The summed E-state index contributed by atoms with van der Waals surface area (Å²) in [6.45, 7) is 5.94. The first-order valence-corrected chi connectivity index (χ1v) is 9.25. The molecule has 0 unspecified atom stereocenters. The van der Waals surface area contributed by atoms with Crippen LogP contribution >= 0.6 is 11.6 Å². The molecule has 2 aromatic carbocycles. The van der Waals surface area contributed by atoms with E-state index in [0.717, 1.165) is 5.56 Å². The van der Waals surface area contributed by atoms with Crippen LogP contribution in [0.2, 0.25) is 5.02 Å². The lowest BCUT2D eigenvalue weighted by Crippen LogP contribution is -2.15.